The predicted molar refractivity (Wildman–Crippen MR) is 78.1 cm³/mol. The molecule has 0 radical (unpaired) electrons. The molecule has 0 aliphatic rings. The zero-order valence-corrected chi connectivity index (χ0v) is 12.3. The molecule has 1 aromatic rings. The van der Waals surface area contributed by atoms with Crippen LogP contribution in [-0.2, 0) is 4.79 Å². The van der Waals surface area contributed by atoms with Crippen LogP contribution < -0.4 is 0 Å². The normalized spacial score (nSPS) is 13.2. The van der Waals surface area contributed by atoms with Crippen LogP contribution in [0, 0.1) is 5.92 Å². The van der Waals surface area contributed by atoms with Crippen molar-refractivity contribution in [1.82, 2.24) is 4.90 Å². The Morgan fingerprint density at radius 3 is 2.16 bits per heavy atom. The van der Waals surface area contributed by atoms with Crippen molar-refractivity contribution in [3.05, 3.63) is 35.9 Å². The van der Waals surface area contributed by atoms with Crippen LogP contribution in [-0.4, -0.2) is 28.6 Å². The largest absolute Gasteiger partial charge is 0.481 e. The van der Waals surface area contributed by atoms with Crippen LogP contribution in [0.5, 0.6) is 0 Å². The van der Waals surface area contributed by atoms with E-state index in [1.165, 1.54) is 0 Å². The highest BCUT2D eigenvalue weighted by atomic mass is 16.4. The van der Waals surface area contributed by atoms with Crippen molar-refractivity contribution in [3.63, 3.8) is 0 Å². The molecule has 0 saturated heterocycles. The summed E-state index contributed by atoms with van der Waals surface area (Å²) in [6.45, 7) is 9.49. The third-order valence-electron chi connectivity index (χ3n) is 3.19. The van der Waals surface area contributed by atoms with Gasteiger partial charge in [0.2, 0.25) is 0 Å². The molecular weight excluding hydrogens is 238 g/mol. The van der Waals surface area contributed by atoms with E-state index in [1.54, 1.807) is 0 Å². The summed E-state index contributed by atoms with van der Waals surface area (Å²) >= 11 is 0. The van der Waals surface area contributed by atoms with Gasteiger partial charge >= 0.3 is 5.97 Å². The summed E-state index contributed by atoms with van der Waals surface area (Å²) in [6.07, 6.45) is 0.148. The maximum Gasteiger partial charge on any atom is 0.305 e. The van der Waals surface area contributed by atoms with E-state index in [2.05, 4.69) is 32.6 Å². The number of rotatable bonds is 7. The first kappa shape index (κ1) is 15.7. The lowest BCUT2D eigenvalue weighted by Gasteiger charge is -2.35. The van der Waals surface area contributed by atoms with Crippen LogP contribution in [0.25, 0.3) is 0 Å². The van der Waals surface area contributed by atoms with Gasteiger partial charge in [-0.3, -0.25) is 9.69 Å². The van der Waals surface area contributed by atoms with Gasteiger partial charge in [-0.25, -0.2) is 0 Å². The van der Waals surface area contributed by atoms with Gasteiger partial charge in [0, 0.05) is 18.6 Å². The maximum atomic E-state index is 11.2. The molecule has 1 aromatic carbocycles. The summed E-state index contributed by atoms with van der Waals surface area (Å²) in [5.74, 6) is -0.231. The number of hydrogen-bond donors (Lipinski definition) is 1. The van der Waals surface area contributed by atoms with Gasteiger partial charge in [-0.05, 0) is 25.3 Å². The van der Waals surface area contributed by atoms with E-state index in [4.69, 9.17) is 0 Å². The monoisotopic (exact) mass is 263 g/mol. The van der Waals surface area contributed by atoms with E-state index in [9.17, 15) is 9.90 Å². The summed E-state index contributed by atoms with van der Waals surface area (Å²) in [7, 11) is 0. The molecule has 1 atom stereocenters. The molecule has 0 spiro atoms. The van der Waals surface area contributed by atoms with Crippen LogP contribution in [0.4, 0.5) is 0 Å². The topological polar surface area (TPSA) is 40.5 Å². The SMILES string of the molecule is CC(C)CN(C(C)C)C(CC(=O)O)c1ccccc1. The van der Waals surface area contributed by atoms with Gasteiger partial charge in [-0.1, -0.05) is 44.2 Å². The van der Waals surface area contributed by atoms with Crippen molar-refractivity contribution >= 4 is 5.97 Å². The Labute approximate surface area is 116 Å². The molecule has 0 aliphatic carbocycles. The first-order valence-corrected chi connectivity index (χ1v) is 6.94. The molecule has 1 unspecified atom stereocenters. The van der Waals surface area contributed by atoms with Crippen LogP contribution in [0.3, 0.4) is 0 Å². The van der Waals surface area contributed by atoms with Gasteiger partial charge in [0.1, 0.15) is 0 Å². The first-order chi connectivity index (χ1) is 8.91. The van der Waals surface area contributed by atoms with Gasteiger partial charge < -0.3 is 5.11 Å². The summed E-state index contributed by atoms with van der Waals surface area (Å²) in [5, 5.41) is 9.18. The van der Waals surface area contributed by atoms with Crippen molar-refractivity contribution in [1.29, 1.82) is 0 Å². The van der Waals surface area contributed by atoms with Gasteiger partial charge in [0.05, 0.1) is 6.42 Å². The minimum absolute atomic E-state index is 0.0545. The van der Waals surface area contributed by atoms with Crippen LogP contribution >= 0.6 is 0 Å². The Balaban J connectivity index is 3.02. The van der Waals surface area contributed by atoms with E-state index in [0.717, 1.165) is 12.1 Å². The molecule has 19 heavy (non-hydrogen) atoms. The second-order valence-electron chi connectivity index (χ2n) is 5.71. The predicted octanol–water partition coefficient (Wildman–Crippen LogP) is 3.57. The van der Waals surface area contributed by atoms with Gasteiger partial charge in [0.15, 0.2) is 0 Å². The molecular formula is C16H25NO2. The number of carbonyl (C=O) groups is 1. The standard InChI is InChI=1S/C16H25NO2/c1-12(2)11-17(13(3)4)15(10-16(18)19)14-8-6-5-7-9-14/h5-9,12-13,15H,10-11H2,1-4H3,(H,18,19). The Hall–Kier alpha value is -1.35. The highest BCUT2D eigenvalue weighted by molar-refractivity contribution is 5.68. The molecule has 0 aliphatic heterocycles. The van der Waals surface area contributed by atoms with Crippen LogP contribution in [0.1, 0.15) is 45.7 Å². The first-order valence-electron chi connectivity index (χ1n) is 6.94. The van der Waals surface area contributed by atoms with Gasteiger partial charge in [-0.15, -0.1) is 0 Å². The quantitative estimate of drug-likeness (QED) is 0.817. The molecule has 0 amide bonds. The van der Waals surface area contributed by atoms with E-state index in [-0.39, 0.29) is 12.5 Å². The highest BCUT2D eigenvalue weighted by Gasteiger charge is 2.25. The lowest BCUT2D eigenvalue weighted by atomic mass is 9.99. The van der Waals surface area contributed by atoms with Crippen LogP contribution in [0.2, 0.25) is 0 Å². The van der Waals surface area contributed by atoms with Crippen molar-refractivity contribution in [3.8, 4) is 0 Å². The average Bonchev–Trinajstić information content (AvgIpc) is 2.33. The summed E-state index contributed by atoms with van der Waals surface area (Å²) in [6, 6.07) is 10.2. The minimum Gasteiger partial charge on any atom is -0.481 e. The lowest BCUT2D eigenvalue weighted by molar-refractivity contribution is -0.138. The fourth-order valence-corrected chi connectivity index (χ4v) is 2.39. The molecule has 1 rings (SSSR count). The second-order valence-corrected chi connectivity index (χ2v) is 5.71. The Morgan fingerprint density at radius 2 is 1.74 bits per heavy atom. The second kappa shape index (κ2) is 7.29. The fourth-order valence-electron chi connectivity index (χ4n) is 2.39. The van der Waals surface area contributed by atoms with E-state index < -0.39 is 5.97 Å². The van der Waals surface area contributed by atoms with Crippen molar-refractivity contribution in [2.75, 3.05) is 6.54 Å². The van der Waals surface area contributed by atoms with E-state index in [1.807, 2.05) is 30.3 Å². The average molecular weight is 263 g/mol. The molecule has 3 heteroatoms. The summed E-state index contributed by atoms with van der Waals surface area (Å²) < 4.78 is 0. The number of benzene rings is 1. The van der Waals surface area contributed by atoms with Crippen LogP contribution in [0.15, 0.2) is 30.3 Å². The zero-order chi connectivity index (χ0) is 14.4. The lowest BCUT2D eigenvalue weighted by Crippen LogP contribution is -2.38. The number of nitrogens with zero attached hydrogens (tertiary/aromatic N) is 1. The molecule has 3 nitrogen and oxygen atoms in total. The smallest absolute Gasteiger partial charge is 0.305 e. The van der Waals surface area contributed by atoms with E-state index in [0.29, 0.717) is 12.0 Å². The maximum absolute atomic E-state index is 11.2. The van der Waals surface area contributed by atoms with Crippen molar-refractivity contribution in [2.45, 2.75) is 46.2 Å². The number of carboxylic acids is 1. The summed E-state index contributed by atoms with van der Waals surface area (Å²) in [5.41, 5.74) is 1.08. The zero-order valence-electron chi connectivity index (χ0n) is 12.3. The van der Waals surface area contributed by atoms with Crippen molar-refractivity contribution < 1.29 is 9.90 Å². The minimum atomic E-state index is -0.747. The Kier molecular flexibility index (Phi) is 6.03. The highest BCUT2D eigenvalue weighted by Crippen LogP contribution is 2.27. The molecule has 0 saturated carbocycles. The molecule has 106 valence electrons. The molecule has 1 N–H and O–H groups in total. The van der Waals surface area contributed by atoms with Gasteiger partial charge in [0.25, 0.3) is 0 Å². The summed E-state index contributed by atoms with van der Waals surface area (Å²) in [4.78, 5) is 13.5. The van der Waals surface area contributed by atoms with E-state index >= 15 is 0 Å². The number of aliphatic carboxylic acids is 1. The Morgan fingerprint density at radius 1 is 1.16 bits per heavy atom. The number of carboxylic acid groups (broad SMARTS) is 1. The molecule has 0 bridgehead atoms. The molecule has 0 heterocycles. The fraction of sp³-hybridized carbons (Fsp3) is 0.562. The third kappa shape index (κ3) is 5.03. The van der Waals surface area contributed by atoms with Crippen molar-refractivity contribution in [2.24, 2.45) is 5.92 Å². The Bertz CT molecular complexity index is 387. The molecule has 0 fully saturated rings. The third-order valence-corrected chi connectivity index (χ3v) is 3.19. The number of hydrogen-bond acceptors (Lipinski definition) is 2. The van der Waals surface area contributed by atoms with Gasteiger partial charge in [-0.2, -0.15) is 0 Å². The molecule has 0 aromatic heterocycles.